The number of anilines is 1. The fourth-order valence-electron chi connectivity index (χ4n) is 2.04. The van der Waals surface area contributed by atoms with Gasteiger partial charge in [-0.25, -0.2) is 9.59 Å². The number of benzene rings is 1. The Kier molecular flexibility index (Phi) is 4.77. The summed E-state index contributed by atoms with van der Waals surface area (Å²) >= 11 is 0. The molecule has 0 aliphatic carbocycles. The fourth-order valence-corrected chi connectivity index (χ4v) is 2.04. The normalized spacial score (nSPS) is 15.9. The second-order valence-electron chi connectivity index (χ2n) is 5.38. The highest BCUT2D eigenvalue weighted by Gasteiger charge is 2.38. The summed E-state index contributed by atoms with van der Waals surface area (Å²) in [5, 5.41) is 5.28. The molecule has 8 nitrogen and oxygen atoms in total. The molecule has 1 aliphatic rings. The van der Waals surface area contributed by atoms with E-state index < -0.39 is 17.7 Å². The zero-order valence-corrected chi connectivity index (χ0v) is 13.8. The van der Waals surface area contributed by atoms with Crippen molar-refractivity contribution in [3.63, 3.8) is 0 Å². The zero-order chi connectivity index (χ0) is 17.9. The third kappa shape index (κ3) is 3.65. The van der Waals surface area contributed by atoms with Crippen molar-refractivity contribution in [3.8, 4) is 5.75 Å². The van der Waals surface area contributed by atoms with E-state index in [9.17, 15) is 14.4 Å². The van der Waals surface area contributed by atoms with E-state index in [-0.39, 0.29) is 11.5 Å². The van der Waals surface area contributed by atoms with Crippen LogP contribution in [0.25, 0.3) is 0 Å². The minimum absolute atomic E-state index is 0.272. The van der Waals surface area contributed by atoms with Crippen LogP contribution in [-0.2, 0) is 19.1 Å². The zero-order valence-electron chi connectivity index (χ0n) is 13.8. The van der Waals surface area contributed by atoms with Crippen LogP contribution in [-0.4, -0.2) is 37.8 Å². The molecule has 0 saturated carbocycles. The second-order valence-corrected chi connectivity index (χ2v) is 5.38. The van der Waals surface area contributed by atoms with Gasteiger partial charge in [-0.2, -0.15) is 0 Å². The Morgan fingerprint density at radius 2 is 1.83 bits per heavy atom. The molecule has 1 fully saturated rings. The van der Waals surface area contributed by atoms with E-state index in [1.54, 1.807) is 12.1 Å². The maximum Gasteiger partial charge on any atom is 0.350 e. The number of rotatable bonds is 4. The minimum atomic E-state index is -1.29. The van der Waals surface area contributed by atoms with Crippen LogP contribution in [0.2, 0.25) is 0 Å². The molecule has 1 heterocycles. The summed E-state index contributed by atoms with van der Waals surface area (Å²) in [7, 11) is 2.95. The van der Waals surface area contributed by atoms with Crippen LogP contribution < -0.4 is 15.4 Å². The van der Waals surface area contributed by atoms with Crippen LogP contribution in [0, 0.1) is 0 Å². The number of hydrogen-bond acceptors (Lipinski definition) is 7. The van der Waals surface area contributed by atoms with Crippen molar-refractivity contribution in [2.24, 2.45) is 0 Å². The van der Waals surface area contributed by atoms with Crippen LogP contribution in [0.4, 0.5) is 5.69 Å². The van der Waals surface area contributed by atoms with Crippen molar-refractivity contribution in [1.82, 2.24) is 5.32 Å². The first kappa shape index (κ1) is 17.3. The summed E-state index contributed by atoms with van der Waals surface area (Å²) in [5.41, 5.74) is 0.511. The number of methoxy groups -OCH3 is 1. The van der Waals surface area contributed by atoms with Crippen LogP contribution in [0.15, 0.2) is 30.0 Å². The van der Waals surface area contributed by atoms with Gasteiger partial charge in [-0.05, 0) is 18.2 Å². The number of nitrogens with one attached hydrogen (secondary N) is 2. The minimum Gasteiger partial charge on any atom is -0.496 e. The lowest BCUT2D eigenvalue weighted by Gasteiger charge is -2.29. The number of hydrogen-bond donors (Lipinski definition) is 2. The molecule has 2 N–H and O–H groups in total. The van der Waals surface area contributed by atoms with Gasteiger partial charge in [0.25, 0.3) is 11.7 Å². The third-order valence-corrected chi connectivity index (χ3v) is 3.17. The molecule has 128 valence electrons. The van der Waals surface area contributed by atoms with Gasteiger partial charge in [-0.3, -0.25) is 4.79 Å². The average molecular weight is 334 g/mol. The highest BCUT2D eigenvalue weighted by molar-refractivity contribution is 6.15. The highest BCUT2D eigenvalue weighted by Crippen LogP contribution is 2.25. The monoisotopic (exact) mass is 334 g/mol. The first-order valence-corrected chi connectivity index (χ1v) is 7.11. The molecule has 0 bridgehead atoms. The fraction of sp³-hybridized carbons (Fsp3) is 0.312. The molecule has 1 aromatic rings. The average Bonchev–Trinajstić information content (AvgIpc) is 2.52. The molecule has 0 unspecified atom stereocenters. The van der Waals surface area contributed by atoms with Gasteiger partial charge in [-0.15, -0.1) is 0 Å². The molecular formula is C16H18N2O6. The molecule has 1 aromatic carbocycles. The van der Waals surface area contributed by atoms with Gasteiger partial charge in [-0.1, -0.05) is 0 Å². The van der Waals surface area contributed by atoms with E-state index in [0.717, 1.165) is 0 Å². The summed E-state index contributed by atoms with van der Waals surface area (Å²) in [6.07, 6.45) is 1.18. The first-order valence-electron chi connectivity index (χ1n) is 7.11. The van der Waals surface area contributed by atoms with Gasteiger partial charge in [0.15, 0.2) is 5.57 Å². The molecule has 1 saturated heterocycles. The predicted octanol–water partition coefficient (Wildman–Crippen LogP) is 1.19. The van der Waals surface area contributed by atoms with Gasteiger partial charge in [0.1, 0.15) is 5.75 Å². The van der Waals surface area contributed by atoms with Gasteiger partial charge < -0.3 is 24.8 Å². The number of amides is 1. The Labute approximate surface area is 138 Å². The standard InChI is InChI=1S/C16H18N2O6/c1-16(2)23-14(20)11(15(21)24-16)8-18-9-5-6-12(22-4)10(7-9)13(19)17-3/h5-8,18H,1-4H3,(H,17,19). The number of cyclic esters (lactones) is 2. The molecule has 0 aromatic heterocycles. The third-order valence-electron chi connectivity index (χ3n) is 3.17. The molecular weight excluding hydrogens is 316 g/mol. The summed E-state index contributed by atoms with van der Waals surface area (Å²) in [4.78, 5) is 35.5. The van der Waals surface area contributed by atoms with Crippen molar-refractivity contribution >= 4 is 23.5 Å². The van der Waals surface area contributed by atoms with Crippen molar-refractivity contribution in [2.45, 2.75) is 19.6 Å². The van der Waals surface area contributed by atoms with Crippen molar-refractivity contribution < 1.29 is 28.6 Å². The Morgan fingerprint density at radius 1 is 1.21 bits per heavy atom. The lowest BCUT2D eigenvalue weighted by atomic mass is 10.1. The molecule has 0 atom stereocenters. The topological polar surface area (TPSA) is 103 Å². The van der Waals surface area contributed by atoms with Crippen LogP contribution in [0.1, 0.15) is 24.2 Å². The predicted molar refractivity (Wildman–Crippen MR) is 84.4 cm³/mol. The smallest absolute Gasteiger partial charge is 0.350 e. The lowest BCUT2D eigenvalue weighted by molar-refractivity contribution is -0.222. The van der Waals surface area contributed by atoms with Crippen LogP contribution >= 0.6 is 0 Å². The second kappa shape index (κ2) is 6.61. The van der Waals surface area contributed by atoms with E-state index in [1.165, 1.54) is 40.3 Å². The maximum atomic E-state index is 11.8. The van der Waals surface area contributed by atoms with Crippen LogP contribution in [0.3, 0.4) is 0 Å². The van der Waals surface area contributed by atoms with E-state index in [1.807, 2.05) is 0 Å². The summed E-state index contributed by atoms with van der Waals surface area (Å²) in [6.45, 7) is 2.93. The Hall–Kier alpha value is -3.03. The van der Waals surface area contributed by atoms with Crippen molar-refractivity contribution in [1.29, 1.82) is 0 Å². The molecule has 1 aliphatic heterocycles. The van der Waals surface area contributed by atoms with Gasteiger partial charge in [0.2, 0.25) is 0 Å². The largest absolute Gasteiger partial charge is 0.496 e. The molecule has 1 amide bonds. The van der Waals surface area contributed by atoms with Gasteiger partial charge in [0, 0.05) is 32.8 Å². The van der Waals surface area contributed by atoms with E-state index in [4.69, 9.17) is 14.2 Å². The summed E-state index contributed by atoms with van der Waals surface area (Å²) in [5.74, 6) is -2.81. The number of ether oxygens (including phenoxy) is 3. The molecule has 8 heteroatoms. The van der Waals surface area contributed by atoms with E-state index >= 15 is 0 Å². The van der Waals surface area contributed by atoms with Gasteiger partial charge >= 0.3 is 11.9 Å². The van der Waals surface area contributed by atoms with Gasteiger partial charge in [0.05, 0.1) is 12.7 Å². The first-order chi connectivity index (χ1) is 11.3. The van der Waals surface area contributed by atoms with Crippen LogP contribution in [0.5, 0.6) is 5.75 Å². The maximum absolute atomic E-state index is 11.8. The number of esters is 2. The quantitative estimate of drug-likeness (QED) is 0.484. The van der Waals surface area contributed by atoms with E-state index in [0.29, 0.717) is 17.0 Å². The molecule has 0 spiro atoms. The Morgan fingerprint density at radius 3 is 2.38 bits per heavy atom. The van der Waals surface area contributed by atoms with E-state index in [2.05, 4.69) is 10.6 Å². The Balaban J connectivity index is 2.24. The molecule has 24 heavy (non-hydrogen) atoms. The Bertz CT molecular complexity index is 701. The summed E-state index contributed by atoms with van der Waals surface area (Å²) < 4.78 is 15.1. The molecule has 2 rings (SSSR count). The highest BCUT2D eigenvalue weighted by atomic mass is 16.7. The lowest BCUT2D eigenvalue weighted by Crippen LogP contribution is -2.42. The number of carbonyl (C=O) groups is 3. The molecule has 0 radical (unpaired) electrons. The summed E-state index contributed by atoms with van der Waals surface area (Å²) in [6, 6.07) is 4.75. The number of carbonyl (C=O) groups excluding carboxylic acids is 3. The van der Waals surface area contributed by atoms with Crippen molar-refractivity contribution in [2.75, 3.05) is 19.5 Å². The van der Waals surface area contributed by atoms with Crippen molar-refractivity contribution in [3.05, 3.63) is 35.5 Å². The SMILES string of the molecule is CNC(=O)c1cc(NC=C2C(=O)OC(C)(C)OC2=O)ccc1OC.